The van der Waals surface area contributed by atoms with Gasteiger partial charge in [0.1, 0.15) is 11.4 Å². The summed E-state index contributed by atoms with van der Waals surface area (Å²) in [5, 5.41) is 19.8. The molecular weight excluding hydrogens is 223 g/mol. The van der Waals surface area contributed by atoms with Crippen LogP contribution in [0.5, 0.6) is 0 Å². The SMILES string of the molecule is CCC(O)(c1cccc(F)c1)C(C)(C)C(=O)O. The third-order valence-corrected chi connectivity index (χ3v) is 3.38. The molecular formula is C13H17FO3. The molecule has 0 aliphatic rings. The van der Waals surface area contributed by atoms with Gasteiger partial charge in [-0.2, -0.15) is 0 Å². The second kappa shape index (κ2) is 4.45. The first-order valence-electron chi connectivity index (χ1n) is 5.47. The van der Waals surface area contributed by atoms with Crippen molar-refractivity contribution >= 4 is 5.97 Å². The van der Waals surface area contributed by atoms with Gasteiger partial charge in [-0.15, -0.1) is 0 Å². The van der Waals surface area contributed by atoms with Crippen molar-refractivity contribution < 1.29 is 19.4 Å². The summed E-state index contributed by atoms with van der Waals surface area (Å²) < 4.78 is 13.2. The average molecular weight is 240 g/mol. The van der Waals surface area contributed by atoms with E-state index in [9.17, 15) is 19.4 Å². The molecule has 0 amide bonds. The molecule has 17 heavy (non-hydrogen) atoms. The van der Waals surface area contributed by atoms with E-state index >= 15 is 0 Å². The number of benzene rings is 1. The lowest BCUT2D eigenvalue weighted by atomic mass is 9.69. The summed E-state index contributed by atoms with van der Waals surface area (Å²) in [5.41, 5.74) is -2.70. The molecule has 0 saturated heterocycles. The molecule has 4 heteroatoms. The molecule has 0 radical (unpaired) electrons. The maximum atomic E-state index is 13.2. The standard InChI is InChI=1S/C13H17FO3/c1-4-13(17,12(2,3)11(15)16)9-6-5-7-10(14)8-9/h5-8,17H,4H2,1-3H3,(H,15,16). The second-order valence-corrected chi connectivity index (χ2v) is 4.65. The maximum Gasteiger partial charge on any atom is 0.312 e. The summed E-state index contributed by atoms with van der Waals surface area (Å²) in [6.45, 7) is 4.54. The van der Waals surface area contributed by atoms with Crippen LogP contribution in [0.4, 0.5) is 4.39 Å². The van der Waals surface area contributed by atoms with Gasteiger partial charge in [0.05, 0.1) is 5.41 Å². The van der Waals surface area contributed by atoms with Gasteiger partial charge in [-0.3, -0.25) is 4.79 Å². The molecule has 1 aromatic carbocycles. The number of hydrogen-bond acceptors (Lipinski definition) is 2. The van der Waals surface area contributed by atoms with Crippen molar-refractivity contribution in [1.29, 1.82) is 0 Å². The fourth-order valence-electron chi connectivity index (χ4n) is 1.93. The van der Waals surface area contributed by atoms with Gasteiger partial charge in [-0.1, -0.05) is 19.1 Å². The molecule has 3 nitrogen and oxygen atoms in total. The monoisotopic (exact) mass is 240 g/mol. The summed E-state index contributed by atoms with van der Waals surface area (Å²) in [7, 11) is 0. The van der Waals surface area contributed by atoms with Gasteiger partial charge in [0, 0.05) is 0 Å². The predicted molar refractivity (Wildman–Crippen MR) is 62.0 cm³/mol. The van der Waals surface area contributed by atoms with Crippen LogP contribution < -0.4 is 0 Å². The number of carboxylic acid groups (broad SMARTS) is 1. The number of carboxylic acids is 1. The molecule has 1 aromatic rings. The zero-order valence-electron chi connectivity index (χ0n) is 10.2. The van der Waals surface area contributed by atoms with Crippen LogP contribution in [0.25, 0.3) is 0 Å². The van der Waals surface area contributed by atoms with Crippen molar-refractivity contribution in [3.8, 4) is 0 Å². The normalized spacial score (nSPS) is 15.4. The molecule has 0 aliphatic carbocycles. The molecule has 2 N–H and O–H groups in total. The Morgan fingerprint density at radius 2 is 2.00 bits per heavy atom. The third-order valence-electron chi connectivity index (χ3n) is 3.38. The highest BCUT2D eigenvalue weighted by Crippen LogP contribution is 2.42. The first-order valence-corrected chi connectivity index (χ1v) is 5.47. The Bertz CT molecular complexity index is 428. The van der Waals surface area contributed by atoms with E-state index < -0.39 is 22.8 Å². The first kappa shape index (κ1) is 13.6. The number of hydrogen-bond donors (Lipinski definition) is 2. The Balaban J connectivity index is 3.35. The summed E-state index contributed by atoms with van der Waals surface area (Å²) in [6, 6.07) is 5.43. The minimum atomic E-state index is -1.60. The third kappa shape index (κ3) is 2.17. The molecule has 1 unspecified atom stereocenters. The van der Waals surface area contributed by atoms with E-state index in [2.05, 4.69) is 0 Å². The van der Waals surface area contributed by atoms with Gasteiger partial charge in [-0.25, -0.2) is 4.39 Å². The summed E-state index contributed by atoms with van der Waals surface area (Å²) in [4.78, 5) is 11.2. The van der Waals surface area contributed by atoms with Gasteiger partial charge >= 0.3 is 5.97 Å². The second-order valence-electron chi connectivity index (χ2n) is 4.65. The van der Waals surface area contributed by atoms with Crippen LogP contribution in [0.15, 0.2) is 24.3 Å². The number of rotatable bonds is 4. The van der Waals surface area contributed by atoms with Crippen molar-refractivity contribution in [3.05, 3.63) is 35.6 Å². The molecule has 0 aliphatic heterocycles. The molecule has 1 rings (SSSR count). The maximum absolute atomic E-state index is 13.2. The highest BCUT2D eigenvalue weighted by Gasteiger charge is 2.49. The molecule has 0 fully saturated rings. The highest BCUT2D eigenvalue weighted by molar-refractivity contribution is 5.75. The van der Waals surface area contributed by atoms with Crippen molar-refractivity contribution in [3.63, 3.8) is 0 Å². The van der Waals surface area contributed by atoms with E-state index in [-0.39, 0.29) is 12.0 Å². The lowest BCUT2D eigenvalue weighted by Gasteiger charge is -2.39. The van der Waals surface area contributed by atoms with Crippen molar-refractivity contribution in [2.75, 3.05) is 0 Å². The van der Waals surface area contributed by atoms with Crippen LogP contribution in [-0.2, 0) is 10.4 Å². The van der Waals surface area contributed by atoms with Crippen molar-refractivity contribution in [1.82, 2.24) is 0 Å². The Hall–Kier alpha value is -1.42. The zero-order chi connectivity index (χ0) is 13.3. The van der Waals surface area contributed by atoms with E-state index in [1.807, 2.05) is 0 Å². The van der Waals surface area contributed by atoms with E-state index in [0.717, 1.165) is 0 Å². The quantitative estimate of drug-likeness (QED) is 0.850. The van der Waals surface area contributed by atoms with Gasteiger partial charge in [0.2, 0.25) is 0 Å². The number of carbonyl (C=O) groups is 1. The van der Waals surface area contributed by atoms with Crippen LogP contribution >= 0.6 is 0 Å². The van der Waals surface area contributed by atoms with Crippen LogP contribution in [0.2, 0.25) is 0 Å². The van der Waals surface area contributed by atoms with Gasteiger partial charge < -0.3 is 10.2 Å². The Morgan fingerprint density at radius 1 is 1.41 bits per heavy atom. The van der Waals surface area contributed by atoms with E-state index in [1.165, 1.54) is 38.1 Å². The highest BCUT2D eigenvalue weighted by atomic mass is 19.1. The lowest BCUT2D eigenvalue weighted by molar-refractivity contribution is -0.167. The number of aliphatic carboxylic acids is 1. The molecule has 1 atom stereocenters. The van der Waals surface area contributed by atoms with Crippen LogP contribution in [0, 0.1) is 11.2 Å². The molecule has 0 bridgehead atoms. The zero-order valence-corrected chi connectivity index (χ0v) is 10.2. The molecule has 0 spiro atoms. The largest absolute Gasteiger partial charge is 0.481 e. The van der Waals surface area contributed by atoms with Gasteiger partial charge in [-0.05, 0) is 38.0 Å². The van der Waals surface area contributed by atoms with Crippen molar-refractivity contribution in [2.45, 2.75) is 32.8 Å². The summed E-state index contributed by atoms with van der Waals surface area (Å²) >= 11 is 0. The minimum Gasteiger partial charge on any atom is -0.481 e. The van der Waals surface area contributed by atoms with Gasteiger partial charge in [0.15, 0.2) is 0 Å². The molecule has 0 heterocycles. The Kier molecular flexibility index (Phi) is 3.57. The average Bonchev–Trinajstić information content (AvgIpc) is 2.27. The molecule has 0 saturated carbocycles. The van der Waals surface area contributed by atoms with Crippen LogP contribution in [0.3, 0.4) is 0 Å². The van der Waals surface area contributed by atoms with Gasteiger partial charge in [0.25, 0.3) is 0 Å². The topological polar surface area (TPSA) is 57.5 Å². The fourth-order valence-corrected chi connectivity index (χ4v) is 1.93. The first-order chi connectivity index (χ1) is 7.75. The smallest absolute Gasteiger partial charge is 0.312 e. The number of halogens is 1. The number of aliphatic hydroxyl groups is 1. The van der Waals surface area contributed by atoms with E-state index in [4.69, 9.17) is 0 Å². The van der Waals surface area contributed by atoms with Crippen LogP contribution in [0.1, 0.15) is 32.8 Å². The molecule has 94 valence electrons. The molecule has 0 aromatic heterocycles. The van der Waals surface area contributed by atoms with Crippen LogP contribution in [-0.4, -0.2) is 16.2 Å². The summed E-state index contributed by atoms with van der Waals surface area (Å²) in [5.74, 6) is -1.61. The Labute approximate surface area is 99.9 Å². The van der Waals surface area contributed by atoms with E-state index in [1.54, 1.807) is 6.92 Å². The predicted octanol–water partition coefficient (Wildman–Crippen LogP) is 2.53. The lowest BCUT2D eigenvalue weighted by Crippen LogP contribution is -2.46. The van der Waals surface area contributed by atoms with Crippen molar-refractivity contribution in [2.24, 2.45) is 5.41 Å². The fraction of sp³-hybridized carbons (Fsp3) is 0.462. The minimum absolute atomic E-state index is 0.190. The van der Waals surface area contributed by atoms with E-state index in [0.29, 0.717) is 0 Å². The summed E-state index contributed by atoms with van der Waals surface area (Å²) in [6.07, 6.45) is 0.190. The Morgan fingerprint density at radius 3 is 2.41 bits per heavy atom.